The summed E-state index contributed by atoms with van der Waals surface area (Å²) in [6.45, 7) is 4.31. The van der Waals surface area contributed by atoms with E-state index in [4.69, 9.17) is 5.73 Å². The maximum Gasteiger partial charge on any atom is 0.0912 e. The summed E-state index contributed by atoms with van der Waals surface area (Å²) in [5, 5.41) is 9.45. The highest BCUT2D eigenvalue weighted by atomic mass is 16.3. The van der Waals surface area contributed by atoms with E-state index in [1.165, 1.54) is 0 Å². The van der Waals surface area contributed by atoms with Gasteiger partial charge in [-0.2, -0.15) is 0 Å². The van der Waals surface area contributed by atoms with Crippen molar-refractivity contribution in [3.63, 3.8) is 0 Å². The lowest BCUT2D eigenvalue weighted by Crippen LogP contribution is -2.11. The summed E-state index contributed by atoms with van der Waals surface area (Å²) in [4.78, 5) is 0. The van der Waals surface area contributed by atoms with Gasteiger partial charge in [0.2, 0.25) is 0 Å². The molecular formula is C10H15NO. The first-order valence-corrected chi connectivity index (χ1v) is 4.10. The van der Waals surface area contributed by atoms with E-state index in [9.17, 15) is 5.11 Å². The van der Waals surface area contributed by atoms with Gasteiger partial charge in [-0.15, -0.1) is 0 Å². The Morgan fingerprint density at radius 1 is 1.25 bits per heavy atom. The zero-order chi connectivity index (χ0) is 9.14. The first-order valence-electron chi connectivity index (χ1n) is 4.10. The lowest BCUT2D eigenvalue weighted by Gasteiger charge is -2.09. The molecule has 1 aromatic carbocycles. The zero-order valence-electron chi connectivity index (χ0n) is 7.54. The Kier molecular flexibility index (Phi) is 2.84. The molecule has 0 heterocycles. The van der Waals surface area contributed by atoms with E-state index in [1.807, 2.05) is 26.0 Å². The molecule has 2 heteroatoms. The zero-order valence-corrected chi connectivity index (χ0v) is 7.54. The molecule has 0 amide bonds. The van der Waals surface area contributed by atoms with Crippen LogP contribution in [0.25, 0.3) is 0 Å². The first-order chi connectivity index (χ1) is 5.63. The van der Waals surface area contributed by atoms with Gasteiger partial charge in [0.05, 0.1) is 6.10 Å². The number of aryl methyl sites for hydroxylation is 2. The molecule has 0 saturated heterocycles. The van der Waals surface area contributed by atoms with E-state index < -0.39 is 6.10 Å². The second kappa shape index (κ2) is 3.70. The number of aliphatic hydroxyl groups excluding tert-OH is 1. The standard InChI is InChI=1S/C10H15NO/c1-7-3-8(2)5-9(4-7)10(12)6-11/h3-5,10,12H,6,11H2,1-2H3/t10-/m0/s1. The molecular weight excluding hydrogens is 150 g/mol. The first kappa shape index (κ1) is 9.23. The number of benzene rings is 1. The second-order valence-electron chi connectivity index (χ2n) is 3.17. The molecule has 2 nitrogen and oxygen atoms in total. The van der Waals surface area contributed by atoms with Crippen LogP contribution in [-0.4, -0.2) is 11.7 Å². The van der Waals surface area contributed by atoms with Gasteiger partial charge in [-0.1, -0.05) is 29.3 Å². The van der Waals surface area contributed by atoms with Crippen LogP contribution in [0.5, 0.6) is 0 Å². The largest absolute Gasteiger partial charge is 0.387 e. The summed E-state index contributed by atoms with van der Waals surface area (Å²) in [5.74, 6) is 0. The Morgan fingerprint density at radius 2 is 1.75 bits per heavy atom. The van der Waals surface area contributed by atoms with Gasteiger partial charge in [0, 0.05) is 6.54 Å². The Morgan fingerprint density at radius 3 is 2.17 bits per heavy atom. The molecule has 1 aromatic rings. The summed E-state index contributed by atoms with van der Waals surface area (Å²) in [6.07, 6.45) is -0.524. The van der Waals surface area contributed by atoms with Crippen molar-refractivity contribution in [1.82, 2.24) is 0 Å². The Hall–Kier alpha value is -0.860. The van der Waals surface area contributed by atoms with E-state index in [0.717, 1.165) is 16.7 Å². The van der Waals surface area contributed by atoms with Gasteiger partial charge in [0.1, 0.15) is 0 Å². The molecule has 0 unspecified atom stereocenters. The van der Waals surface area contributed by atoms with Crippen LogP contribution in [0.15, 0.2) is 18.2 Å². The van der Waals surface area contributed by atoms with E-state index in [0.29, 0.717) is 0 Å². The average molecular weight is 165 g/mol. The number of rotatable bonds is 2. The molecule has 66 valence electrons. The number of aliphatic hydroxyl groups is 1. The van der Waals surface area contributed by atoms with Crippen molar-refractivity contribution in [2.45, 2.75) is 20.0 Å². The van der Waals surface area contributed by atoms with E-state index in [2.05, 4.69) is 6.07 Å². The molecule has 0 aliphatic carbocycles. The summed E-state index contributed by atoms with van der Waals surface area (Å²) in [5.41, 5.74) is 8.59. The van der Waals surface area contributed by atoms with E-state index >= 15 is 0 Å². The van der Waals surface area contributed by atoms with Crippen LogP contribution in [0, 0.1) is 13.8 Å². The lowest BCUT2D eigenvalue weighted by atomic mass is 10.0. The highest BCUT2D eigenvalue weighted by molar-refractivity contribution is 5.29. The molecule has 0 radical (unpaired) electrons. The molecule has 1 rings (SSSR count). The molecule has 12 heavy (non-hydrogen) atoms. The van der Waals surface area contributed by atoms with Crippen molar-refractivity contribution in [3.8, 4) is 0 Å². The third-order valence-electron chi connectivity index (χ3n) is 1.85. The maximum atomic E-state index is 9.45. The smallest absolute Gasteiger partial charge is 0.0912 e. The van der Waals surface area contributed by atoms with Crippen molar-refractivity contribution in [2.24, 2.45) is 5.73 Å². The van der Waals surface area contributed by atoms with Crippen LogP contribution >= 0.6 is 0 Å². The second-order valence-corrected chi connectivity index (χ2v) is 3.17. The molecule has 0 aromatic heterocycles. The van der Waals surface area contributed by atoms with Gasteiger partial charge in [0.25, 0.3) is 0 Å². The van der Waals surface area contributed by atoms with Crippen molar-refractivity contribution < 1.29 is 5.11 Å². The molecule has 0 bridgehead atoms. The topological polar surface area (TPSA) is 46.2 Å². The summed E-state index contributed by atoms with van der Waals surface area (Å²) in [7, 11) is 0. The van der Waals surface area contributed by atoms with Gasteiger partial charge < -0.3 is 10.8 Å². The minimum absolute atomic E-state index is 0.281. The molecule has 0 fully saturated rings. The highest BCUT2D eigenvalue weighted by Gasteiger charge is 2.04. The third-order valence-corrected chi connectivity index (χ3v) is 1.85. The summed E-state index contributed by atoms with van der Waals surface area (Å²) in [6, 6.07) is 6.00. The lowest BCUT2D eigenvalue weighted by molar-refractivity contribution is 0.186. The normalized spacial score (nSPS) is 13.0. The fraction of sp³-hybridized carbons (Fsp3) is 0.400. The monoisotopic (exact) mass is 165 g/mol. The highest BCUT2D eigenvalue weighted by Crippen LogP contribution is 2.15. The van der Waals surface area contributed by atoms with Crippen molar-refractivity contribution in [3.05, 3.63) is 34.9 Å². The number of nitrogens with two attached hydrogens (primary N) is 1. The van der Waals surface area contributed by atoms with Crippen LogP contribution in [0.4, 0.5) is 0 Å². The quantitative estimate of drug-likeness (QED) is 0.693. The van der Waals surface area contributed by atoms with Gasteiger partial charge in [-0.25, -0.2) is 0 Å². The molecule has 0 spiro atoms. The average Bonchev–Trinajstić information content (AvgIpc) is 2.01. The van der Waals surface area contributed by atoms with Crippen LogP contribution < -0.4 is 5.73 Å². The summed E-state index contributed by atoms with van der Waals surface area (Å²) >= 11 is 0. The van der Waals surface area contributed by atoms with Gasteiger partial charge in [0.15, 0.2) is 0 Å². The summed E-state index contributed by atoms with van der Waals surface area (Å²) < 4.78 is 0. The fourth-order valence-corrected chi connectivity index (χ4v) is 1.34. The van der Waals surface area contributed by atoms with Crippen LogP contribution in [0.2, 0.25) is 0 Å². The van der Waals surface area contributed by atoms with Crippen LogP contribution in [0.3, 0.4) is 0 Å². The minimum atomic E-state index is -0.524. The van der Waals surface area contributed by atoms with Crippen molar-refractivity contribution in [1.29, 1.82) is 0 Å². The Bertz CT molecular complexity index is 250. The number of hydrogen-bond donors (Lipinski definition) is 2. The molecule has 0 saturated carbocycles. The third kappa shape index (κ3) is 2.06. The van der Waals surface area contributed by atoms with E-state index in [1.54, 1.807) is 0 Å². The number of hydrogen-bond acceptors (Lipinski definition) is 2. The predicted octanol–water partition coefficient (Wildman–Crippen LogP) is 1.30. The van der Waals surface area contributed by atoms with E-state index in [-0.39, 0.29) is 6.54 Å². The molecule has 1 atom stereocenters. The fourth-order valence-electron chi connectivity index (χ4n) is 1.34. The van der Waals surface area contributed by atoms with Crippen molar-refractivity contribution in [2.75, 3.05) is 6.54 Å². The Balaban J connectivity index is 3.00. The van der Waals surface area contributed by atoms with Gasteiger partial charge in [-0.3, -0.25) is 0 Å². The van der Waals surface area contributed by atoms with Crippen LogP contribution in [0.1, 0.15) is 22.8 Å². The minimum Gasteiger partial charge on any atom is -0.387 e. The molecule has 0 aliphatic heterocycles. The van der Waals surface area contributed by atoms with Gasteiger partial charge in [-0.05, 0) is 19.4 Å². The predicted molar refractivity (Wildman–Crippen MR) is 49.9 cm³/mol. The molecule has 0 aliphatic rings. The SMILES string of the molecule is Cc1cc(C)cc([C@@H](O)CN)c1. The van der Waals surface area contributed by atoms with Crippen molar-refractivity contribution >= 4 is 0 Å². The Labute approximate surface area is 73.0 Å². The van der Waals surface area contributed by atoms with Gasteiger partial charge >= 0.3 is 0 Å². The molecule has 3 N–H and O–H groups in total. The van der Waals surface area contributed by atoms with Crippen LogP contribution in [-0.2, 0) is 0 Å². The maximum absolute atomic E-state index is 9.45.